The van der Waals surface area contributed by atoms with Crippen LogP contribution in [0.25, 0.3) is 10.9 Å². The molecule has 0 unspecified atom stereocenters. The van der Waals surface area contributed by atoms with E-state index in [9.17, 15) is 4.79 Å². The van der Waals surface area contributed by atoms with Crippen LogP contribution in [0, 0.1) is 11.3 Å². The number of carbonyl (C=O) groups is 1. The molecular formula is C11H8N2O2. The summed E-state index contributed by atoms with van der Waals surface area (Å²) in [6.45, 7) is 0. The monoisotopic (exact) mass is 200 g/mol. The molecule has 15 heavy (non-hydrogen) atoms. The zero-order valence-electron chi connectivity index (χ0n) is 8.07. The Labute approximate surface area is 86.1 Å². The van der Waals surface area contributed by atoms with Gasteiger partial charge in [0, 0.05) is 17.1 Å². The number of nitrogens with zero attached hydrogens (tertiary/aromatic N) is 1. The number of nitrogens with one attached hydrogen (secondary N) is 1. The van der Waals surface area contributed by atoms with Crippen LogP contribution >= 0.6 is 0 Å². The number of rotatable bonds is 1. The lowest BCUT2D eigenvalue weighted by Crippen LogP contribution is -2.00. The van der Waals surface area contributed by atoms with Gasteiger partial charge in [-0.2, -0.15) is 5.26 Å². The van der Waals surface area contributed by atoms with Crippen molar-refractivity contribution in [3.05, 3.63) is 35.5 Å². The molecule has 4 nitrogen and oxygen atoms in total. The fourth-order valence-electron chi connectivity index (χ4n) is 1.46. The molecule has 0 atom stereocenters. The second-order valence-corrected chi connectivity index (χ2v) is 3.07. The predicted octanol–water partition coefficient (Wildman–Crippen LogP) is 1.83. The van der Waals surface area contributed by atoms with Gasteiger partial charge < -0.3 is 9.72 Å². The molecular weight excluding hydrogens is 192 g/mol. The van der Waals surface area contributed by atoms with Gasteiger partial charge in [-0.05, 0) is 18.2 Å². The Morgan fingerprint density at radius 1 is 1.53 bits per heavy atom. The van der Waals surface area contributed by atoms with Gasteiger partial charge in [-0.25, -0.2) is 4.79 Å². The number of carbonyl (C=O) groups excluding carboxylic acids is 1. The van der Waals surface area contributed by atoms with Gasteiger partial charge in [0.25, 0.3) is 0 Å². The maximum atomic E-state index is 11.3. The van der Waals surface area contributed by atoms with Crippen molar-refractivity contribution in [2.45, 2.75) is 0 Å². The lowest BCUT2D eigenvalue weighted by Gasteiger charge is -1.98. The summed E-state index contributed by atoms with van der Waals surface area (Å²) in [6.07, 6.45) is 1.62. The Bertz CT molecular complexity index is 563. The standard InChI is InChI=1S/C11H8N2O2/c1-15-11(14)7-2-3-10-9(4-7)8(5-12)6-13-10/h2-4,6,13H,1H3. The normalized spacial score (nSPS) is 9.87. The summed E-state index contributed by atoms with van der Waals surface area (Å²) in [4.78, 5) is 14.2. The van der Waals surface area contributed by atoms with E-state index in [1.807, 2.05) is 0 Å². The lowest BCUT2D eigenvalue weighted by atomic mass is 10.1. The van der Waals surface area contributed by atoms with Gasteiger partial charge in [0.05, 0.1) is 18.2 Å². The topological polar surface area (TPSA) is 65.9 Å². The largest absolute Gasteiger partial charge is 0.465 e. The van der Waals surface area contributed by atoms with E-state index < -0.39 is 5.97 Å². The maximum Gasteiger partial charge on any atom is 0.337 e. The molecule has 0 aliphatic heterocycles. The first-order valence-electron chi connectivity index (χ1n) is 4.36. The smallest absolute Gasteiger partial charge is 0.337 e. The molecule has 2 rings (SSSR count). The number of fused-ring (bicyclic) bond motifs is 1. The van der Waals surface area contributed by atoms with Gasteiger partial charge in [0.1, 0.15) is 6.07 Å². The minimum Gasteiger partial charge on any atom is -0.465 e. The molecule has 0 saturated heterocycles. The van der Waals surface area contributed by atoms with Crippen molar-refractivity contribution in [3.63, 3.8) is 0 Å². The van der Waals surface area contributed by atoms with E-state index >= 15 is 0 Å². The van der Waals surface area contributed by atoms with E-state index in [2.05, 4.69) is 15.8 Å². The number of hydrogen-bond donors (Lipinski definition) is 1. The molecule has 1 aromatic carbocycles. The summed E-state index contributed by atoms with van der Waals surface area (Å²) in [5, 5.41) is 9.56. The van der Waals surface area contributed by atoms with E-state index in [1.54, 1.807) is 24.4 Å². The van der Waals surface area contributed by atoms with E-state index in [4.69, 9.17) is 5.26 Å². The number of hydrogen-bond acceptors (Lipinski definition) is 3. The van der Waals surface area contributed by atoms with Crippen molar-refractivity contribution in [2.24, 2.45) is 0 Å². The number of H-pyrrole nitrogens is 1. The van der Waals surface area contributed by atoms with Crippen LogP contribution in [0.15, 0.2) is 24.4 Å². The Morgan fingerprint density at radius 3 is 3.00 bits per heavy atom. The number of aromatic amines is 1. The summed E-state index contributed by atoms with van der Waals surface area (Å²) in [5.41, 5.74) is 1.80. The van der Waals surface area contributed by atoms with Gasteiger partial charge in [-0.15, -0.1) is 0 Å². The van der Waals surface area contributed by atoms with Crippen molar-refractivity contribution in [1.82, 2.24) is 4.98 Å². The summed E-state index contributed by atoms with van der Waals surface area (Å²) in [7, 11) is 1.33. The van der Waals surface area contributed by atoms with Crippen LogP contribution < -0.4 is 0 Å². The number of benzene rings is 1. The van der Waals surface area contributed by atoms with Gasteiger partial charge in [0.15, 0.2) is 0 Å². The van der Waals surface area contributed by atoms with Crippen LogP contribution in [0.3, 0.4) is 0 Å². The van der Waals surface area contributed by atoms with E-state index in [0.29, 0.717) is 11.1 Å². The average molecular weight is 200 g/mol. The van der Waals surface area contributed by atoms with Crippen molar-refractivity contribution in [2.75, 3.05) is 7.11 Å². The molecule has 0 amide bonds. The van der Waals surface area contributed by atoms with Crippen LogP contribution in [0.4, 0.5) is 0 Å². The lowest BCUT2D eigenvalue weighted by molar-refractivity contribution is 0.0601. The molecule has 0 radical (unpaired) electrons. The fourth-order valence-corrected chi connectivity index (χ4v) is 1.46. The summed E-state index contributed by atoms with van der Waals surface area (Å²) >= 11 is 0. The quantitative estimate of drug-likeness (QED) is 0.714. The number of esters is 1. The first-order chi connectivity index (χ1) is 7.26. The minimum absolute atomic E-state index is 0.401. The van der Waals surface area contributed by atoms with Crippen LogP contribution in [0.5, 0.6) is 0 Å². The minimum atomic E-state index is -0.401. The van der Waals surface area contributed by atoms with Crippen LogP contribution in [0.2, 0.25) is 0 Å². The number of methoxy groups -OCH3 is 1. The molecule has 0 aliphatic rings. The molecule has 0 fully saturated rings. The number of aromatic nitrogens is 1. The van der Waals surface area contributed by atoms with Crippen LogP contribution in [0.1, 0.15) is 15.9 Å². The molecule has 2 aromatic rings. The van der Waals surface area contributed by atoms with E-state index in [-0.39, 0.29) is 0 Å². The van der Waals surface area contributed by atoms with Crippen LogP contribution in [-0.2, 0) is 4.74 Å². The second-order valence-electron chi connectivity index (χ2n) is 3.07. The highest BCUT2D eigenvalue weighted by Gasteiger charge is 2.08. The third-order valence-electron chi connectivity index (χ3n) is 2.22. The van der Waals surface area contributed by atoms with Gasteiger partial charge in [-0.1, -0.05) is 0 Å². The van der Waals surface area contributed by atoms with Crippen LogP contribution in [-0.4, -0.2) is 18.1 Å². The number of nitriles is 1. The average Bonchev–Trinajstić information content (AvgIpc) is 2.69. The van der Waals surface area contributed by atoms with Gasteiger partial charge >= 0.3 is 5.97 Å². The van der Waals surface area contributed by atoms with Crippen molar-refractivity contribution in [1.29, 1.82) is 5.26 Å². The fraction of sp³-hybridized carbons (Fsp3) is 0.0909. The van der Waals surface area contributed by atoms with Crippen molar-refractivity contribution >= 4 is 16.9 Å². The molecule has 0 bridgehead atoms. The first kappa shape index (κ1) is 9.28. The van der Waals surface area contributed by atoms with E-state index in [1.165, 1.54) is 7.11 Å². The summed E-state index contributed by atoms with van der Waals surface area (Å²) in [5.74, 6) is -0.401. The van der Waals surface area contributed by atoms with Crippen molar-refractivity contribution < 1.29 is 9.53 Å². The Kier molecular flexibility index (Phi) is 2.14. The Morgan fingerprint density at radius 2 is 2.33 bits per heavy atom. The zero-order chi connectivity index (χ0) is 10.8. The molecule has 1 heterocycles. The summed E-state index contributed by atoms with van der Waals surface area (Å²) < 4.78 is 4.60. The molecule has 1 N–H and O–H groups in total. The number of ether oxygens (including phenoxy) is 1. The first-order valence-corrected chi connectivity index (χ1v) is 4.36. The highest BCUT2D eigenvalue weighted by Crippen LogP contribution is 2.19. The van der Waals surface area contributed by atoms with Crippen molar-refractivity contribution in [3.8, 4) is 6.07 Å². The molecule has 0 saturated carbocycles. The molecule has 1 aromatic heterocycles. The van der Waals surface area contributed by atoms with E-state index in [0.717, 1.165) is 10.9 Å². The Balaban J connectivity index is 2.64. The summed E-state index contributed by atoms with van der Waals surface area (Å²) in [6, 6.07) is 7.11. The zero-order valence-corrected chi connectivity index (χ0v) is 8.07. The third-order valence-corrected chi connectivity index (χ3v) is 2.22. The predicted molar refractivity (Wildman–Crippen MR) is 54.4 cm³/mol. The molecule has 4 heteroatoms. The SMILES string of the molecule is COC(=O)c1ccc2[nH]cc(C#N)c2c1. The van der Waals surface area contributed by atoms with Gasteiger partial charge in [-0.3, -0.25) is 0 Å². The molecule has 0 aliphatic carbocycles. The second kappa shape index (κ2) is 3.46. The highest BCUT2D eigenvalue weighted by atomic mass is 16.5. The maximum absolute atomic E-state index is 11.3. The molecule has 74 valence electrons. The van der Waals surface area contributed by atoms with Gasteiger partial charge in [0.2, 0.25) is 0 Å². The third kappa shape index (κ3) is 1.44. The molecule has 0 spiro atoms. The Hall–Kier alpha value is -2.28. The highest BCUT2D eigenvalue weighted by molar-refractivity contribution is 5.96.